The second-order valence-electron chi connectivity index (χ2n) is 7.69. The predicted octanol–water partition coefficient (Wildman–Crippen LogP) is 2.93. The van der Waals surface area contributed by atoms with E-state index >= 15 is 0 Å². The molecule has 8 heteroatoms. The number of para-hydroxylation sites is 2. The number of halogens is 1. The van der Waals surface area contributed by atoms with Gasteiger partial charge in [0.25, 0.3) is 0 Å². The number of imidazole rings is 1. The number of hydrogen-bond donors (Lipinski definition) is 3. The number of nitrogens with one attached hydrogen (secondary N) is 2. The van der Waals surface area contributed by atoms with Gasteiger partial charge >= 0.3 is 0 Å². The van der Waals surface area contributed by atoms with Gasteiger partial charge in [-0.15, -0.1) is 0 Å². The molecule has 0 amide bonds. The Morgan fingerprint density at radius 2 is 1.87 bits per heavy atom. The van der Waals surface area contributed by atoms with E-state index < -0.39 is 0 Å². The lowest BCUT2D eigenvalue weighted by atomic mass is 10.1. The molecule has 0 saturated carbocycles. The summed E-state index contributed by atoms with van der Waals surface area (Å²) in [6.45, 7) is 4.41. The van der Waals surface area contributed by atoms with Gasteiger partial charge in [0.15, 0.2) is 5.11 Å². The number of likely N-dealkylation sites (tertiary alicyclic amines) is 1. The zero-order chi connectivity index (χ0) is 20.9. The lowest BCUT2D eigenvalue weighted by molar-refractivity contribution is 0.222. The van der Waals surface area contributed by atoms with Crippen molar-refractivity contribution >= 4 is 34.3 Å². The highest BCUT2D eigenvalue weighted by molar-refractivity contribution is 7.80. The van der Waals surface area contributed by atoms with Gasteiger partial charge in [-0.3, -0.25) is 0 Å². The third-order valence-corrected chi connectivity index (χ3v) is 5.70. The second kappa shape index (κ2) is 9.40. The van der Waals surface area contributed by atoms with Crippen LogP contribution in [0.4, 0.5) is 10.3 Å². The van der Waals surface area contributed by atoms with Crippen molar-refractivity contribution in [2.24, 2.45) is 5.73 Å². The summed E-state index contributed by atoms with van der Waals surface area (Å²) in [5, 5.41) is 7.02. The minimum absolute atomic E-state index is 0.220. The first kappa shape index (κ1) is 20.6. The summed E-state index contributed by atoms with van der Waals surface area (Å²) in [5.74, 6) is 0.650. The summed E-state index contributed by atoms with van der Waals surface area (Å²) in [5.41, 5.74) is 8.57. The Hall–Kier alpha value is -2.71. The van der Waals surface area contributed by atoms with E-state index in [1.807, 2.05) is 30.3 Å². The molecule has 3 aromatic rings. The van der Waals surface area contributed by atoms with Crippen LogP contribution in [-0.2, 0) is 6.54 Å². The van der Waals surface area contributed by atoms with Crippen LogP contribution in [0.15, 0.2) is 48.5 Å². The van der Waals surface area contributed by atoms with Crippen LogP contribution in [0.5, 0.6) is 0 Å². The highest BCUT2D eigenvalue weighted by Gasteiger charge is 2.21. The summed E-state index contributed by atoms with van der Waals surface area (Å²) < 4.78 is 15.5. The molecule has 2 heterocycles. The van der Waals surface area contributed by atoms with Gasteiger partial charge in [0, 0.05) is 32.2 Å². The van der Waals surface area contributed by atoms with Crippen LogP contribution in [0.1, 0.15) is 18.4 Å². The molecule has 1 aromatic heterocycles. The van der Waals surface area contributed by atoms with E-state index in [2.05, 4.69) is 26.2 Å². The molecule has 0 radical (unpaired) electrons. The molecule has 0 unspecified atom stereocenters. The van der Waals surface area contributed by atoms with Crippen molar-refractivity contribution in [3.8, 4) is 0 Å². The average molecular weight is 427 g/mol. The maximum atomic E-state index is 13.3. The maximum Gasteiger partial charge on any atom is 0.204 e. The Bertz CT molecular complexity index is 995. The van der Waals surface area contributed by atoms with Crippen LogP contribution in [0, 0.1) is 5.82 Å². The third kappa shape index (κ3) is 5.06. The van der Waals surface area contributed by atoms with E-state index in [1.165, 1.54) is 12.1 Å². The first-order chi connectivity index (χ1) is 14.6. The van der Waals surface area contributed by atoms with Gasteiger partial charge in [0.1, 0.15) is 5.82 Å². The van der Waals surface area contributed by atoms with Crippen LogP contribution < -0.4 is 16.4 Å². The van der Waals surface area contributed by atoms with E-state index in [0.717, 1.165) is 61.6 Å². The normalized spacial score (nSPS) is 15.4. The summed E-state index contributed by atoms with van der Waals surface area (Å²) in [6.07, 6.45) is 2.10. The van der Waals surface area contributed by atoms with Crippen molar-refractivity contribution in [3.63, 3.8) is 0 Å². The number of piperidine rings is 1. The molecule has 0 atom stereocenters. The molecule has 2 aromatic carbocycles. The van der Waals surface area contributed by atoms with Crippen molar-refractivity contribution < 1.29 is 4.39 Å². The van der Waals surface area contributed by atoms with Crippen molar-refractivity contribution in [1.29, 1.82) is 0 Å². The van der Waals surface area contributed by atoms with E-state index in [9.17, 15) is 4.39 Å². The molecule has 158 valence electrons. The zero-order valence-electron chi connectivity index (χ0n) is 16.9. The van der Waals surface area contributed by atoms with Gasteiger partial charge in [-0.2, -0.15) is 0 Å². The smallest absolute Gasteiger partial charge is 0.204 e. The Morgan fingerprint density at radius 1 is 1.13 bits per heavy atom. The number of hydrogen-bond acceptors (Lipinski definition) is 4. The van der Waals surface area contributed by atoms with Crippen LogP contribution in [-0.4, -0.2) is 51.8 Å². The van der Waals surface area contributed by atoms with E-state index in [-0.39, 0.29) is 5.82 Å². The molecule has 1 fully saturated rings. The highest BCUT2D eigenvalue weighted by atomic mass is 32.1. The molecule has 4 N–H and O–H groups in total. The molecule has 6 nitrogen and oxygen atoms in total. The van der Waals surface area contributed by atoms with Gasteiger partial charge in [0.2, 0.25) is 5.95 Å². The van der Waals surface area contributed by atoms with Gasteiger partial charge in [0.05, 0.1) is 17.6 Å². The summed E-state index contributed by atoms with van der Waals surface area (Å²) in [4.78, 5) is 7.26. The van der Waals surface area contributed by atoms with Crippen molar-refractivity contribution in [3.05, 3.63) is 59.9 Å². The predicted molar refractivity (Wildman–Crippen MR) is 123 cm³/mol. The standard InChI is InChI=1S/C22H27FN6S/c23-17-7-5-16(6-8-17)15-29-20-4-2-1-3-19(20)27-22(29)26-18-9-12-28(13-10-18)14-11-25-21(24)30/h1-8,18H,9-15H2,(H,26,27)(H3,24,25,30). The summed E-state index contributed by atoms with van der Waals surface area (Å²) in [7, 11) is 0. The zero-order valence-corrected chi connectivity index (χ0v) is 17.7. The number of nitrogens with two attached hydrogens (primary N) is 1. The molecular formula is C22H27FN6S. The van der Waals surface area contributed by atoms with Crippen molar-refractivity contribution in [2.45, 2.75) is 25.4 Å². The number of thiocarbonyl (C=S) groups is 1. The minimum Gasteiger partial charge on any atom is -0.376 e. The fraction of sp³-hybridized carbons (Fsp3) is 0.364. The molecule has 1 aliphatic rings. The first-order valence-electron chi connectivity index (χ1n) is 10.3. The minimum atomic E-state index is -0.220. The fourth-order valence-corrected chi connectivity index (χ4v) is 4.04. The van der Waals surface area contributed by atoms with Gasteiger partial charge in [-0.05, 0) is 54.9 Å². The molecule has 0 bridgehead atoms. The molecule has 0 aliphatic carbocycles. The van der Waals surface area contributed by atoms with Crippen molar-refractivity contribution in [2.75, 3.05) is 31.5 Å². The second-order valence-corrected chi connectivity index (χ2v) is 8.13. The van der Waals surface area contributed by atoms with Crippen LogP contribution in [0.2, 0.25) is 0 Å². The Balaban J connectivity index is 1.44. The highest BCUT2D eigenvalue weighted by Crippen LogP contribution is 2.24. The number of anilines is 1. The Morgan fingerprint density at radius 3 is 2.60 bits per heavy atom. The van der Waals surface area contributed by atoms with Gasteiger partial charge in [-0.25, -0.2) is 9.37 Å². The van der Waals surface area contributed by atoms with Crippen LogP contribution in [0.25, 0.3) is 11.0 Å². The molecule has 4 rings (SSSR count). The molecule has 0 spiro atoms. The van der Waals surface area contributed by atoms with E-state index in [0.29, 0.717) is 17.7 Å². The molecular weight excluding hydrogens is 399 g/mol. The lowest BCUT2D eigenvalue weighted by Gasteiger charge is -2.32. The average Bonchev–Trinajstić information content (AvgIpc) is 3.08. The topological polar surface area (TPSA) is 71.1 Å². The van der Waals surface area contributed by atoms with Crippen molar-refractivity contribution in [1.82, 2.24) is 19.8 Å². The number of benzene rings is 2. The fourth-order valence-electron chi connectivity index (χ4n) is 3.94. The first-order valence-corrected chi connectivity index (χ1v) is 10.7. The maximum absolute atomic E-state index is 13.3. The quantitative estimate of drug-likeness (QED) is 0.505. The molecule has 1 saturated heterocycles. The Kier molecular flexibility index (Phi) is 6.44. The largest absolute Gasteiger partial charge is 0.376 e. The summed E-state index contributed by atoms with van der Waals surface area (Å²) in [6, 6.07) is 15.2. The van der Waals surface area contributed by atoms with E-state index in [1.54, 1.807) is 0 Å². The SMILES string of the molecule is NC(=S)NCCN1CCC(Nc2nc3ccccc3n2Cc2ccc(F)cc2)CC1. The van der Waals surface area contributed by atoms with Gasteiger partial charge in [-0.1, -0.05) is 24.3 Å². The summed E-state index contributed by atoms with van der Waals surface area (Å²) >= 11 is 4.86. The van der Waals surface area contributed by atoms with Crippen LogP contribution >= 0.6 is 12.2 Å². The number of fused-ring (bicyclic) bond motifs is 1. The third-order valence-electron chi connectivity index (χ3n) is 5.56. The molecule has 1 aliphatic heterocycles. The van der Waals surface area contributed by atoms with Gasteiger partial charge < -0.3 is 25.8 Å². The number of rotatable bonds is 7. The molecule has 30 heavy (non-hydrogen) atoms. The lowest BCUT2D eigenvalue weighted by Crippen LogP contribution is -2.43. The Labute approximate surface area is 181 Å². The van der Waals surface area contributed by atoms with E-state index in [4.69, 9.17) is 22.9 Å². The number of aromatic nitrogens is 2. The monoisotopic (exact) mass is 426 g/mol. The number of nitrogens with zero attached hydrogens (tertiary/aromatic N) is 3. The van der Waals surface area contributed by atoms with Crippen LogP contribution in [0.3, 0.4) is 0 Å².